The quantitative estimate of drug-likeness (QED) is 0.329. The zero-order valence-corrected chi connectivity index (χ0v) is 17.6. The van der Waals surface area contributed by atoms with E-state index in [0.717, 1.165) is 0 Å². The van der Waals surface area contributed by atoms with Gasteiger partial charge in [-0.15, -0.1) is 0 Å². The molecule has 32 heavy (non-hydrogen) atoms. The van der Waals surface area contributed by atoms with Crippen molar-refractivity contribution in [2.45, 2.75) is 13.8 Å². The maximum absolute atomic E-state index is 12.9. The molecule has 3 aromatic rings. The third-order valence-electron chi connectivity index (χ3n) is 4.26. The number of para-hydroxylation sites is 1. The lowest BCUT2D eigenvalue weighted by Crippen LogP contribution is -2.18. The van der Waals surface area contributed by atoms with E-state index in [9.17, 15) is 14.9 Å². The Morgan fingerprint density at radius 2 is 1.66 bits per heavy atom. The summed E-state index contributed by atoms with van der Waals surface area (Å²) >= 11 is 0. The summed E-state index contributed by atoms with van der Waals surface area (Å²) in [5.74, 6) is -1.36. The van der Waals surface area contributed by atoms with E-state index in [1.165, 1.54) is 4.68 Å². The second-order valence-corrected chi connectivity index (χ2v) is 6.31. The average molecular weight is 431 g/mol. The van der Waals surface area contributed by atoms with E-state index in [-0.39, 0.29) is 24.6 Å². The van der Waals surface area contributed by atoms with E-state index in [1.807, 2.05) is 48.5 Å². The molecular formula is C23H21N5O4. The highest BCUT2D eigenvalue weighted by atomic mass is 16.5. The first-order chi connectivity index (χ1) is 15.6. The van der Waals surface area contributed by atoms with Gasteiger partial charge in [-0.25, -0.2) is 14.3 Å². The molecule has 0 atom stereocenters. The number of anilines is 1. The fourth-order valence-corrected chi connectivity index (χ4v) is 2.90. The Hall–Kier alpha value is -4.45. The lowest BCUT2D eigenvalue weighted by atomic mass is 10.1. The van der Waals surface area contributed by atoms with Gasteiger partial charge in [0.1, 0.15) is 17.3 Å². The van der Waals surface area contributed by atoms with Crippen LogP contribution in [0.3, 0.4) is 0 Å². The summed E-state index contributed by atoms with van der Waals surface area (Å²) in [7, 11) is 0. The van der Waals surface area contributed by atoms with Crippen LogP contribution in [-0.4, -0.2) is 40.6 Å². The van der Waals surface area contributed by atoms with Crippen molar-refractivity contribution in [3.63, 3.8) is 0 Å². The average Bonchev–Trinajstić information content (AvgIpc) is 3.20. The van der Waals surface area contributed by atoms with E-state index < -0.39 is 17.7 Å². The van der Waals surface area contributed by atoms with Crippen molar-refractivity contribution in [1.29, 1.82) is 5.26 Å². The molecular weight excluding hydrogens is 410 g/mol. The summed E-state index contributed by atoms with van der Waals surface area (Å²) in [6.45, 7) is 3.56. The Morgan fingerprint density at radius 1 is 1.03 bits per heavy atom. The number of nitrogens with zero attached hydrogens (tertiary/aromatic N) is 4. The zero-order valence-electron chi connectivity index (χ0n) is 17.6. The largest absolute Gasteiger partial charge is 0.462 e. The molecule has 162 valence electrons. The van der Waals surface area contributed by atoms with Crippen LogP contribution in [0.4, 0.5) is 5.82 Å². The molecule has 0 aliphatic carbocycles. The summed E-state index contributed by atoms with van der Waals surface area (Å²) in [6.07, 6.45) is 0. The molecule has 9 heteroatoms. The molecule has 1 heterocycles. The molecule has 0 saturated carbocycles. The summed E-state index contributed by atoms with van der Waals surface area (Å²) < 4.78 is 11.6. The molecule has 1 N–H and O–H groups in total. The maximum atomic E-state index is 12.9. The van der Waals surface area contributed by atoms with Crippen LogP contribution in [-0.2, 0) is 14.3 Å². The van der Waals surface area contributed by atoms with Crippen molar-refractivity contribution in [2.75, 3.05) is 18.6 Å². The highest BCUT2D eigenvalue weighted by Crippen LogP contribution is 2.32. The van der Waals surface area contributed by atoms with Gasteiger partial charge in [0.15, 0.2) is 5.82 Å². The second kappa shape index (κ2) is 10.5. The van der Waals surface area contributed by atoms with Gasteiger partial charge < -0.3 is 9.47 Å². The number of hydrogen-bond acceptors (Lipinski definition) is 8. The second-order valence-electron chi connectivity index (χ2n) is 6.31. The zero-order chi connectivity index (χ0) is 22.9. The number of nitrogens with one attached hydrogen (secondary N) is 1. The van der Waals surface area contributed by atoms with E-state index in [1.54, 1.807) is 32.0 Å². The number of hydrogen-bond donors (Lipinski definition) is 1. The summed E-state index contributed by atoms with van der Waals surface area (Å²) in [6, 6.07) is 19.9. The number of benzene rings is 2. The van der Waals surface area contributed by atoms with Gasteiger partial charge in [-0.3, -0.25) is 5.43 Å². The van der Waals surface area contributed by atoms with Crippen LogP contribution in [0.15, 0.2) is 65.8 Å². The predicted molar refractivity (Wildman–Crippen MR) is 118 cm³/mol. The van der Waals surface area contributed by atoms with Crippen molar-refractivity contribution in [3.05, 3.63) is 66.2 Å². The summed E-state index contributed by atoms with van der Waals surface area (Å²) in [5.41, 5.74) is 3.96. The molecule has 0 unspecified atom stereocenters. The van der Waals surface area contributed by atoms with Gasteiger partial charge in [-0.1, -0.05) is 48.5 Å². The van der Waals surface area contributed by atoms with Gasteiger partial charge in [0.25, 0.3) is 0 Å². The number of rotatable bonds is 8. The molecule has 3 rings (SSSR count). The monoisotopic (exact) mass is 431 g/mol. The number of nitriles is 1. The molecule has 0 aliphatic rings. The molecule has 0 saturated heterocycles. The molecule has 2 aromatic carbocycles. The fraction of sp³-hybridized carbons (Fsp3) is 0.174. The van der Waals surface area contributed by atoms with Crippen molar-refractivity contribution < 1.29 is 19.1 Å². The first-order valence-electron chi connectivity index (χ1n) is 9.92. The van der Waals surface area contributed by atoms with Gasteiger partial charge in [-0.2, -0.15) is 15.5 Å². The van der Waals surface area contributed by atoms with Crippen LogP contribution in [0, 0.1) is 11.3 Å². The minimum Gasteiger partial charge on any atom is -0.462 e. The van der Waals surface area contributed by atoms with Crippen LogP contribution < -0.4 is 5.43 Å². The molecule has 9 nitrogen and oxygen atoms in total. The highest BCUT2D eigenvalue weighted by molar-refractivity contribution is 6.43. The van der Waals surface area contributed by atoms with E-state index in [0.29, 0.717) is 16.9 Å². The lowest BCUT2D eigenvalue weighted by Gasteiger charge is -2.09. The topological polar surface area (TPSA) is 119 Å². The van der Waals surface area contributed by atoms with Crippen molar-refractivity contribution in [1.82, 2.24) is 9.78 Å². The van der Waals surface area contributed by atoms with Gasteiger partial charge in [0.05, 0.1) is 18.9 Å². The third-order valence-corrected chi connectivity index (χ3v) is 4.26. The Labute approximate surface area is 184 Å². The van der Waals surface area contributed by atoms with Crippen molar-refractivity contribution >= 4 is 23.5 Å². The molecule has 0 spiro atoms. The van der Waals surface area contributed by atoms with Gasteiger partial charge in [0.2, 0.25) is 5.71 Å². The van der Waals surface area contributed by atoms with Crippen LogP contribution >= 0.6 is 0 Å². The van der Waals surface area contributed by atoms with Crippen LogP contribution in [0.25, 0.3) is 16.9 Å². The Balaban J connectivity index is 2.22. The number of carbonyl (C=O) groups excluding carboxylic acids is 2. The SMILES string of the molecule is CCOC(=O)/C(C#N)=N/Nc1c(C(=O)OCC)c(-c2ccccc2)nn1-c1ccccc1. The minimum absolute atomic E-state index is 0.0910. The highest BCUT2D eigenvalue weighted by Gasteiger charge is 2.27. The maximum Gasteiger partial charge on any atom is 0.369 e. The van der Waals surface area contributed by atoms with Crippen LogP contribution in [0.1, 0.15) is 24.2 Å². The van der Waals surface area contributed by atoms with Crippen molar-refractivity contribution in [3.8, 4) is 23.0 Å². The predicted octanol–water partition coefficient (Wildman–Crippen LogP) is 3.57. The Morgan fingerprint density at radius 3 is 2.25 bits per heavy atom. The normalized spacial score (nSPS) is 10.8. The minimum atomic E-state index is -0.880. The first kappa shape index (κ1) is 22.2. The summed E-state index contributed by atoms with van der Waals surface area (Å²) in [5, 5.41) is 17.8. The van der Waals surface area contributed by atoms with Gasteiger partial charge in [-0.05, 0) is 26.0 Å². The van der Waals surface area contributed by atoms with Gasteiger partial charge in [0, 0.05) is 5.56 Å². The Kier molecular flexibility index (Phi) is 7.33. The van der Waals surface area contributed by atoms with Crippen LogP contribution in [0.5, 0.6) is 0 Å². The van der Waals surface area contributed by atoms with Crippen molar-refractivity contribution in [2.24, 2.45) is 5.10 Å². The number of ether oxygens (including phenoxy) is 2. The number of aromatic nitrogens is 2. The molecule has 1 aromatic heterocycles. The van der Waals surface area contributed by atoms with Crippen LogP contribution in [0.2, 0.25) is 0 Å². The van der Waals surface area contributed by atoms with E-state index in [2.05, 4.69) is 15.6 Å². The summed E-state index contributed by atoms with van der Waals surface area (Å²) in [4.78, 5) is 24.9. The number of carbonyl (C=O) groups is 2. The fourth-order valence-electron chi connectivity index (χ4n) is 2.90. The van der Waals surface area contributed by atoms with E-state index in [4.69, 9.17) is 9.47 Å². The Bertz CT molecular complexity index is 1160. The third kappa shape index (κ3) is 4.82. The van der Waals surface area contributed by atoms with E-state index >= 15 is 0 Å². The van der Waals surface area contributed by atoms with Gasteiger partial charge >= 0.3 is 11.9 Å². The molecule has 0 bridgehead atoms. The molecule has 0 amide bonds. The first-order valence-corrected chi connectivity index (χ1v) is 9.92. The molecule has 0 radical (unpaired) electrons. The molecule has 0 fully saturated rings. The lowest BCUT2D eigenvalue weighted by molar-refractivity contribution is -0.134. The number of hydrazone groups is 1. The molecule has 0 aliphatic heterocycles. The number of esters is 2. The smallest absolute Gasteiger partial charge is 0.369 e. The standard InChI is InChI=1S/C23H21N5O4/c1-3-31-22(29)18(15-24)25-26-21-19(23(30)32-4-2)20(16-11-7-5-8-12-16)27-28(21)17-13-9-6-10-14-17/h5-14,26H,3-4H2,1-2H3/b25-18+.